The van der Waals surface area contributed by atoms with Gasteiger partial charge in [-0.25, -0.2) is 9.37 Å². The molecule has 4 nitrogen and oxygen atoms in total. The fourth-order valence-electron chi connectivity index (χ4n) is 1.93. The predicted octanol–water partition coefficient (Wildman–Crippen LogP) is 3.03. The molecular formula is C16H19FN2O2S. The van der Waals surface area contributed by atoms with Crippen LogP contribution >= 0.6 is 11.3 Å². The van der Waals surface area contributed by atoms with Gasteiger partial charge in [0.2, 0.25) is 5.91 Å². The fraction of sp³-hybridized carbons (Fsp3) is 0.375. The summed E-state index contributed by atoms with van der Waals surface area (Å²) in [5.41, 5.74) is 1.70. The largest absolute Gasteiger partial charge is 0.385 e. The lowest BCUT2D eigenvalue weighted by Crippen LogP contribution is -2.25. The number of ether oxygens (including phenoxy) is 1. The number of rotatable bonds is 8. The zero-order valence-corrected chi connectivity index (χ0v) is 13.3. The number of thiazole rings is 1. The summed E-state index contributed by atoms with van der Waals surface area (Å²) in [6.45, 7) is 1.28. The van der Waals surface area contributed by atoms with E-state index in [9.17, 15) is 9.18 Å². The minimum absolute atomic E-state index is 0.0228. The molecule has 0 aliphatic heterocycles. The van der Waals surface area contributed by atoms with E-state index < -0.39 is 0 Å². The van der Waals surface area contributed by atoms with Gasteiger partial charge in [0, 0.05) is 44.0 Å². The van der Waals surface area contributed by atoms with E-state index in [1.165, 1.54) is 23.5 Å². The average Bonchev–Trinajstić information content (AvgIpc) is 2.99. The van der Waals surface area contributed by atoms with Gasteiger partial charge in [0.05, 0.1) is 10.7 Å². The molecular weight excluding hydrogens is 303 g/mol. The molecule has 0 aliphatic carbocycles. The van der Waals surface area contributed by atoms with Gasteiger partial charge >= 0.3 is 0 Å². The molecule has 0 radical (unpaired) electrons. The van der Waals surface area contributed by atoms with Gasteiger partial charge in [-0.2, -0.15) is 0 Å². The molecule has 1 N–H and O–H groups in total. The number of halogens is 1. The van der Waals surface area contributed by atoms with Gasteiger partial charge in [0.15, 0.2) is 0 Å². The first kappa shape index (κ1) is 16.6. The molecule has 0 unspecified atom stereocenters. The molecule has 1 heterocycles. The van der Waals surface area contributed by atoms with Gasteiger partial charge in [0.1, 0.15) is 5.82 Å². The van der Waals surface area contributed by atoms with E-state index in [1.54, 1.807) is 19.2 Å². The summed E-state index contributed by atoms with van der Waals surface area (Å²) in [6, 6.07) is 6.25. The second-order valence-electron chi connectivity index (χ2n) is 4.83. The molecule has 2 aromatic rings. The summed E-state index contributed by atoms with van der Waals surface area (Å²) >= 11 is 1.52. The van der Waals surface area contributed by atoms with Crippen LogP contribution in [0.3, 0.4) is 0 Å². The summed E-state index contributed by atoms with van der Waals surface area (Å²) in [5, 5.41) is 5.69. The fourth-order valence-corrected chi connectivity index (χ4v) is 2.74. The molecule has 0 spiro atoms. The first-order valence-corrected chi connectivity index (χ1v) is 8.03. The number of hydrogen-bond acceptors (Lipinski definition) is 4. The highest BCUT2D eigenvalue weighted by Crippen LogP contribution is 2.22. The quantitative estimate of drug-likeness (QED) is 0.760. The number of methoxy groups -OCH3 is 1. The molecule has 0 saturated carbocycles. The Morgan fingerprint density at radius 1 is 1.36 bits per heavy atom. The van der Waals surface area contributed by atoms with Crippen LogP contribution in [-0.4, -0.2) is 31.2 Å². The lowest BCUT2D eigenvalue weighted by molar-refractivity contribution is -0.121. The zero-order chi connectivity index (χ0) is 15.8. The smallest absolute Gasteiger partial charge is 0.220 e. The van der Waals surface area contributed by atoms with E-state index in [1.807, 2.05) is 5.38 Å². The average molecular weight is 322 g/mol. The molecule has 22 heavy (non-hydrogen) atoms. The van der Waals surface area contributed by atoms with Crippen LogP contribution in [-0.2, 0) is 16.0 Å². The van der Waals surface area contributed by atoms with Crippen LogP contribution in [0.15, 0.2) is 29.6 Å². The van der Waals surface area contributed by atoms with Gasteiger partial charge in [-0.1, -0.05) is 0 Å². The lowest BCUT2D eigenvalue weighted by atomic mass is 10.2. The third-order valence-electron chi connectivity index (χ3n) is 3.11. The van der Waals surface area contributed by atoms with E-state index in [0.717, 1.165) is 22.7 Å². The van der Waals surface area contributed by atoms with E-state index in [4.69, 9.17) is 4.74 Å². The van der Waals surface area contributed by atoms with Crippen molar-refractivity contribution in [3.05, 3.63) is 40.5 Å². The van der Waals surface area contributed by atoms with Crippen molar-refractivity contribution in [2.75, 3.05) is 20.3 Å². The predicted molar refractivity (Wildman–Crippen MR) is 85.3 cm³/mol. The number of carbonyl (C=O) groups is 1. The number of amides is 1. The van der Waals surface area contributed by atoms with Crippen molar-refractivity contribution in [2.24, 2.45) is 0 Å². The molecule has 0 atom stereocenters. The molecule has 1 aromatic heterocycles. The van der Waals surface area contributed by atoms with Gasteiger partial charge in [-0.05, 0) is 30.7 Å². The maximum atomic E-state index is 12.9. The minimum Gasteiger partial charge on any atom is -0.385 e. The Balaban J connectivity index is 1.79. The van der Waals surface area contributed by atoms with Crippen LogP contribution in [0.4, 0.5) is 4.39 Å². The molecule has 0 fully saturated rings. The molecule has 0 saturated heterocycles. The molecule has 6 heteroatoms. The highest BCUT2D eigenvalue weighted by atomic mass is 32.1. The molecule has 118 valence electrons. The second kappa shape index (κ2) is 8.60. The van der Waals surface area contributed by atoms with Crippen LogP contribution in [0.5, 0.6) is 0 Å². The van der Waals surface area contributed by atoms with E-state index >= 15 is 0 Å². The van der Waals surface area contributed by atoms with E-state index in [0.29, 0.717) is 26.0 Å². The molecule has 1 amide bonds. The maximum absolute atomic E-state index is 12.9. The van der Waals surface area contributed by atoms with Crippen molar-refractivity contribution in [1.82, 2.24) is 10.3 Å². The first-order chi connectivity index (χ1) is 10.7. The Kier molecular flexibility index (Phi) is 6.48. The Bertz CT molecular complexity index is 598. The third kappa shape index (κ3) is 5.20. The van der Waals surface area contributed by atoms with Crippen LogP contribution in [0, 0.1) is 5.82 Å². The lowest BCUT2D eigenvalue weighted by Gasteiger charge is -2.03. The maximum Gasteiger partial charge on any atom is 0.220 e. The third-order valence-corrected chi connectivity index (χ3v) is 4.01. The number of aryl methyl sites for hydroxylation is 1. The van der Waals surface area contributed by atoms with Crippen molar-refractivity contribution in [3.63, 3.8) is 0 Å². The number of nitrogens with one attached hydrogen (secondary N) is 1. The van der Waals surface area contributed by atoms with E-state index in [2.05, 4.69) is 10.3 Å². The number of aromatic nitrogens is 1. The zero-order valence-electron chi connectivity index (χ0n) is 12.5. The first-order valence-electron chi connectivity index (χ1n) is 7.15. The summed E-state index contributed by atoms with van der Waals surface area (Å²) in [4.78, 5) is 16.2. The Morgan fingerprint density at radius 3 is 2.86 bits per heavy atom. The number of hydrogen-bond donors (Lipinski definition) is 1. The standard InChI is InChI=1S/C16H19FN2O2S/c1-21-10-2-9-18-15(20)7-8-16-19-14(11-22-16)12-3-5-13(17)6-4-12/h3-6,11H,2,7-10H2,1H3,(H,18,20). The van der Waals surface area contributed by atoms with Crippen molar-refractivity contribution in [1.29, 1.82) is 0 Å². The topological polar surface area (TPSA) is 51.2 Å². The SMILES string of the molecule is COCCCNC(=O)CCc1nc(-c2ccc(F)cc2)cs1. The van der Waals surface area contributed by atoms with Crippen LogP contribution in [0.2, 0.25) is 0 Å². The van der Waals surface area contributed by atoms with Crippen LogP contribution < -0.4 is 5.32 Å². The Hall–Kier alpha value is -1.79. The molecule has 0 aliphatic rings. The summed E-state index contributed by atoms with van der Waals surface area (Å²) < 4.78 is 17.8. The highest BCUT2D eigenvalue weighted by molar-refractivity contribution is 7.09. The molecule has 0 bridgehead atoms. The van der Waals surface area contributed by atoms with Gasteiger partial charge in [-0.3, -0.25) is 4.79 Å². The summed E-state index contributed by atoms with van der Waals surface area (Å²) in [6.07, 6.45) is 1.85. The number of carbonyl (C=O) groups excluding carboxylic acids is 1. The Morgan fingerprint density at radius 2 is 2.14 bits per heavy atom. The van der Waals surface area contributed by atoms with Crippen molar-refractivity contribution < 1.29 is 13.9 Å². The van der Waals surface area contributed by atoms with Crippen LogP contribution in [0.25, 0.3) is 11.3 Å². The summed E-state index contributed by atoms with van der Waals surface area (Å²) in [7, 11) is 1.64. The van der Waals surface area contributed by atoms with Gasteiger partial charge in [0.25, 0.3) is 0 Å². The highest BCUT2D eigenvalue weighted by Gasteiger charge is 2.07. The van der Waals surface area contributed by atoms with Crippen molar-refractivity contribution >= 4 is 17.2 Å². The molecule has 1 aromatic carbocycles. The van der Waals surface area contributed by atoms with Gasteiger partial charge < -0.3 is 10.1 Å². The van der Waals surface area contributed by atoms with Crippen molar-refractivity contribution in [3.8, 4) is 11.3 Å². The number of benzene rings is 1. The minimum atomic E-state index is -0.260. The van der Waals surface area contributed by atoms with E-state index in [-0.39, 0.29) is 11.7 Å². The van der Waals surface area contributed by atoms with Gasteiger partial charge in [-0.15, -0.1) is 11.3 Å². The van der Waals surface area contributed by atoms with Crippen molar-refractivity contribution in [2.45, 2.75) is 19.3 Å². The normalized spacial score (nSPS) is 10.6. The van der Waals surface area contributed by atoms with Crippen LogP contribution in [0.1, 0.15) is 17.8 Å². The Labute approximate surface area is 133 Å². The second-order valence-corrected chi connectivity index (χ2v) is 5.77. The summed E-state index contributed by atoms with van der Waals surface area (Å²) in [5.74, 6) is -0.237. The molecule has 2 rings (SSSR count). The number of nitrogens with zero attached hydrogens (tertiary/aromatic N) is 1. The monoisotopic (exact) mass is 322 g/mol.